The summed E-state index contributed by atoms with van der Waals surface area (Å²) in [5.74, 6) is 3.88. The monoisotopic (exact) mass is 220 g/mol. The van der Waals surface area contributed by atoms with E-state index in [1.165, 1.54) is 26.3 Å². The van der Waals surface area contributed by atoms with Crippen LogP contribution >= 0.6 is 0 Å². The molecule has 0 unspecified atom stereocenters. The zero-order valence-electron chi connectivity index (χ0n) is 8.68. The molecule has 0 bridgehead atoms. The Kier molecular flexibility index (Phi) is 3.56. The van der Waals surface area contributed by atoms with E-state index in [4.69, 9.17) is 0 Å². The highest BCUT2D eigenvalue weighted by atomic mass is 16.6. The second-order valence-corrected chi connectivity index (χ2v) is 2.83. The van der Waals surface area contributed by atoms with Crippen molar-refractivity contribution >= 4 is 11.7 Å². The molecule has 0 saturated heterocycles. The summed E-state index contributed by atoms with van der Waals surface area (Å²) in [6.07, 6.45) is 1.36. The summed E-state index contributed by atoms with van der Waals surface area (Å²) in [5.41, 5.74) is 0.466. The summed E-state index contributed by atoms with van der Waals surface area (Å²) in [5, 5.41) is 10.6. The molecule has 1 rings (SSSR count). The van der Waals surface area contributed by atoms with E-state index < -0.39 is 10.9 Å². The van der Waals surface area contributed by atoms with Crippen LogP contribution in [0.1, 0.15) is 11.3 Å². The molecule has 6 heteroatoms. The van der Waals surface area contributed by atoms with E-state index in [-0.39, 0.29) is 5.69 Å². The van der Waals surface area contributed by atoms with Gasteiger partial charge in [0, 0.05) is 18.2 Å². The van der Waals surface area contributed by atoms with E-state index in [0.717, 1.165) is 0 Å². The lowest BCUT2D eigenvalue weighted by Crippen LogP contribution is -1.96. The number of carbonyl (C=O) groups excluding carboxylic acids is 1. The molecule has 0 fully saturated rings. The van der Waals surface area contributed by atoms with Crippen molar-refractivity contribution in [3.63, 3.8) is 0 Å². The molecule has 0 spiro atoms. The lowest BCUT2D eigenvalue weighted by Gasteiger charge is -1.95. The van der Waals surface area contributed by atoms with E-state index in [1.807, 2.05) is 0 Å². The van der Waals surface area contributed by atoms with Gasteiger partial charge < -0.3 is 4.74 Å². The van der Waals surface area contributed by atoms with Gasteiger partial charge in [0.1, 0.15) is 5.69 Å². The highest BCUT2D eigenvalue weighted by Crippen LogP contribution is 2.15. The summed E-state index contributed by atoms with van der Waals surface area (Å²) >= 11 is 0. The Morgan fingerprint density at radius 3 is 2.88 bits per heavy atom. The second-order valence-electron chi connectivity index (χ2n) is 2.83. The van der Waals surface area contributed by atoms with Crippen molar-refractivity contribution in [3.8, 4) is 11.8 Å². The van der Waals surface area contributed by atoms with Crippen molar-refractivity contribution < 1.29 is 14.5 Å². The third-order valence-corrected chi connectivity index (χ3v) is 1.75. The molecule has 6 nitrogen and oxygen atoms in total. The number of aryl methyl sites for hydroxylation is 1. The third-order valence-electron chi connectivity index (χ3n) is 1.75. The summed E-state index contributed by atoms with van der Waals surface area (Å²) < 4.78 is 4.31. The van der Waals surface area contributed by atoms with E-state index in [0.29, 0.717) is 11.3 Å². The average molecular weight is 220 g/mol. The Balaban J connectivity index is 3.07. The van der Waals surface area contributed by atoms with Crippen LogP contribution in [0.5, 0.6) is 0 Å². The predicted molar refractivity (Wildman–Crippen MR) is 54.5 cm³/mol. The SMILES string of the molecule is COC(=O)C#Cc1cnc(C)c([N+](=O)[O-])c1. The number of nitro groups is 1. The van der Waals surface area contributed by atoms with Gasteiger partial charge in [-0.05, 0) is 6.92 Å². The van der Waals surface area contributed by atoms with Crippen molar-refractivity contribution in [2.24, 2.45) is 0 Å². The number of hydrogen-bond donors (Lipinski definition) is 0. The van der Waals surface area contributed by atoms with Gasteiger partial charge in [0.25, 0.3) is 5.69 Å². The van der Waals surface area contributed by atoms with Crippen molar-refractivity contribution in [3.05, 3.63) is 33.6 Å². The molecule has 0 radical (unpaired) electrons. The fraction of sp³-hybridized carbons (Fsp3) is 0.200. The van der Waals surface area contributed by atoms with Gasteiger partial charge in [-0.25, -0.2) is 4.79 Å². The Bertz CT molecular complexity index is 499. The quantitative estimate of drug-likeness (QED) is 0.303. The first-order valence-corrected chi connectivity index (χ1v) is 4.25. The number of methoxy groups -OCH3 is 1. The molecule has 82 valence electrons. The topological polar surface area (TPSA) is 82.3 Å². The average Bonchev–Trinajstić information content (AvgIpc) is 2.27. The first-order valence-electron chi connectivity index (χ1n) is 4.25. The fourth-order valence-corrected chi connectivity index (χ4v) is 0.949. The molecule has 0 aromatic carbocycles. The molecule has 0 amide bonds. The molecule has 0 saturated carbocycles. The van der Waals surface area contributed by atoms with Crippen LogP contribution in [0.15, 0.2) is 12.3 Å². The van der Waals surface area contributed by atoms with Gasteiger partial charge in [-0.1, -0.05) is 5.92 Å². The van der Waals surface area contributed by atoms with Gasteiger partial charge in [-0.15, -0.1) is 0 Å². The van der Waals surface area contributed by atoms with E-state index in [1.54, 1.807) is 0 Å². The standard InChI is InChI=1S/C10H8N2O4/c1-7-9(12(14)15)5-8(6-11-7)3-4-10(13)16-2/h5-6H,1-2H3. The number of hydrogen-bond acceptors (Lipinski definition) is 5. The summed E-state index contributed by atoms with van der Waals surface area (Å²) in [6, 6.07) is 1.26. The molecule has 0 N–H and O–H groups in total. The summed E-state index contributed by atoms with van der Waals surface area (Å²) in [6.45, 7) is 1.52. The van der Waals surface area contributed by atoms with Gasteiger partial charge in [0.15, 0.2) is 0 Å². The Labute approximate surface area is 91.4 Å². The lowest BCUT2D eigenvalue weighted by molar-refractivity contribution is -0.385. The molecule has 16 heavy (non-hydrogen) atoms. The van der Waals surface area contributed by atoms with Gasteiger partial charge >= 0.3 is 5.97 Å². The maximum atomic E-state index is 10.7. The largest absolute Gasteiger partial charge is 0.459 e. The first kappa shape index (κ1) is 11.7. The predicted octanol–water partition coefficient (Wildman–Crippen LogP) is 0.823. The van der Waals surface area contributed by atoms with Crippen LogP contribution in [0.25, 0.3) is 0 Å². The maximum Gasteiger partial charge on any atom is 0.384 e. The third kappa shape index (κ3) is 2.78. The van der Waals surface area contributed by atoms with Crippen molar-refractivity contribution in [2.75, 3.05) is 7.11 Å². The van der Waals surface area contributed by atoms with E-state index in [2.05, 4.69) is 21.6 Å². The maximum absolute atomic E-state index is 10.7. The zero-order valence-corrected chi connectivity index (χ0v) is 8.68. The highest BCUT2D eigenvalue weighted by molar-refractivity contribution is 5.89. The van der Waals surface area contributed by atoms with E-state index in [9.17, 15) is 14.9 Å². The van der Waals surface area contributed by atoms with Crippen LogP contribution < -0.4 is 0 Å². The minimum Gasteiger partial charge on any atom is -0.459 e. The van der Waals surface area contributed by atoms with Gasteiger partial charge in [0.2, 0.25) is 0 Å². The number of esters is 1. The van der Waals surface area contributed by atoms with Gasteiger partial charge in [0.05, 0.1) is 17.6 Å². The van der Waals surface area contributed by atoms with Crippen LogP contribution in [-0.4, -0.2) is 23.0 Å². The highest BCUT2D eigenvalue weighted by Gasteiger charge is 2.11. The molecule has 0 aliphatic rings. The number of ether oxygens (including phenoxy) is 1. The van der Waals surface area contributed by atoms with Crippen LogP contribution in [0.3, 0.4) is 0 Å². The minimum atomic E-state index is -0.705. The van der Waals surface area contributed by atoms with Crippen molar-refractivity contribution in [2.45, 2.75) is 6.92 Å². The number of carbonyl (C=O) groups is 1. The fourth-order valence-electron chi connectivity index (χ4n) is 0.949. The molecular formula is C10H8N2O4. The van der Waals surface area contributed by atoms with Crippen molar-refractivity contribution in [1.29, 1.82) is 0 Å². The van der Waals surface area contributed by atoms with Crippen LogP contribution in [0.4, 0.5) is 5.69 Å². The van der Waals surface area contributed by atoms with Gasteiger partial charge in [-0.3, -0.25) is 15.1 Å². The molecule has 1 aromatic rings. The van der Waals surface area contributed by atoms with Gasteiger partial charge in [-0.2, -0.15) is 0 Å². The number of rotatable bonds is 1. The number of nitrogens with zero attached hydrogens (tertiary/aromatic N) is 2. The second kappa shape index (κ2) is 4.89. The van der Waals surface area contributed by atoms with Crippen molar-refractivity contribution in [1.82, 2.24) is 4.98 Å². The summed E-state index contributed by atoms with van der Waals surface area (Å²) in [7, 11) is 1.20. The minimum absolute atomic E-state index is 0.128. The zero-order chi connectivity index (χ0) is 12.1. The van der Waals surface area contributed by atoms with Crippen LogP contribution in [0.2, 0.25) is 0 Å². The molecule has 0 atom stereocenters. The lowest BCUT2D eigenvalue weighted by atomic mass is 10.2. The molecule has 0 aliphatic carbocycles. The Morgan fingerprint density at radius 1 is 1.62 bits per heavy atom. The Morgan fingerprint density at radius 2 is 2.31 bits per heavy atom. The van der Waals surface area contributed by atoms with Crippen LogP contribution in [-0.2, 0) is 9.53 Å². The van der Waals surface area contributed by atoms with E-state index >= 15 is 0 Å². The molecule has 0 aliphatic heterocycles. The summed E-state index contributed by atoms with van der Waals surface area (Å²) in [4.78, 5) is 24.6. The molecule has 1 aromatic heterocycles. The normalized spacial score (nSPS) is 8.88. The number of aromatic nitrogens is 1. The Hall–Kier alpha value is -2.42. The van der Waals surface area contributed by atoms with Crippen LogP contribution in [0, 0.1) is 28.9 Å². The molecular weight excluding hydrogens is 212 g/mol. The molecule has 1 heterocycles. The smallest absolute Gasteiger partial charge is 0.384 e. The first-order chi connectivity index (χ1) is 7.54. The number of pyridine rings is 1.